The van der Waals surface area contributed by atoms with E-state index in [-0.39, 0.29) is 11.0 Å². The summed E-state index contributed by atoms with van der Waals surface area (Å²) in [5.74, 6) is -0.751. The first-order chi connectivity index (χ1) is 14.9. The zero-order chi connectivity index (χ0) is 22.5. The molecule has 2 aromatic rings. The van der Waals surface area contributed by atoms with Crippen molar-refractivity contribution in [2.45, 2.75) is 50.5 Å². The Labute approximate surface area is 177 Å². The van der Waals surface area contributed by atoms with Crippen LogP contribution in [0.4, 0.5) is 0 Å². The van der Waals surface area contributed by atoms with Crippen molar-refractivity contribution in [1.29, 1.82) is 0 Å². The predicted octanol–water partition coefficient (Wildman–Crippen LogP) is 0.412. The SMILES string of the molecule is CCC=CCCOc1ccc2c(O)c(O[C@@H]3O[C@H](CO)[C@@H](O)[C@H](O)[C@@H]3O)c(=O)oc2c1. The molecule has 0 saturated carbocycles. The Morgan fingerprint density at radius 2 is 1.90 bits per heavy atom. The van der Waals surface area contributed by atoms with Crippen LogP contribution in [-0.4, -0.2) is 69.5 Å². The van der Waals surface area contributed by atoms with E-state index >= 15 is 0 Å². The van der Waals surface area contributed by atoms with Gasteiger partial charge < -0.3 is 44.2 Å². The molecule has 0 amide bonds. The van der Waals surface area contributed by atoms with Crippen LogP contribution in [0.5, 0.6) is 17.2 Å². The Kier molecular flexibility index (Phi) is 7.52. The van der Waals surface area contributed by atoms with Gasteiger partial charge in [0, 0.05) is 6.07 Å². The Balaban J connectivity index is 1.81. The third-order valence-electron chi connectivity index (χ3n) is 4.85. The van der Waals surface area contributed by atoms with Crippen LogP contribution in [0.15, 0.2) is 39.6 Å². The molecule has 1 aromatic heterocycles. The van der Waals surface area contributed by atoms with Gasteiger partial charge in [-0.2, -0.15) is 0 Å². The van der Waals surface area contributed by atoms with Gasteiger partial charge in [0.15, 0.2) is 5.75 Å². The smallest absolute Gasteiger partial charge is 0.383 e. The number of rotatable bonds is 8. The normalized spacial score (nSPS) is 26.4. The van der Waals surface area contributed by atoms with E-state index in [1.54, 1.807) is 6.07 Å². The number of aromatic hydroxyl groups is 1. The molecule has 1 aliphatic heterocycles. The summed E-state index contributed by atoms with van der Waals surface area (Å²) >= 11 is 0. The van der Waals surface area contributed by atoms with Crippen LogP contribution >= 0.6 is 0 Å². The number of hydrogen-bond donors (Lipinski definition) is 5. The molecule has 0 aliphatic carbocycles. The fraction of sp³-hybridized carbons (Fsp3) is 0.476. The van der Waals surface area contributed by atoms with Gasteiger partial charge in [0.05, 0.1) is 18.6 Å². The van der Waals surface area contributed by atoms with E-state index in [1.807, 2.05) is 19.1 Å². The lowest BCUT2D eigenvalue weighted by Gasteiger charge is -2.39. The maximum Gasteiger partial charge on any atom is 0.383 e. The number of benzene rings is 1. The minimum atomic E-state index is -1.75. The molecule has 2 heterocycles. The second-order valence-electron chi connectivity index (χ2n) is 7.06. The molecule has 0 bridgehead atoms. The largest absolute Gasteiger partial charge is 0.504 e. The second-order valence-corrected chi connectivity index (χ2v) is 7.06. The van der Waals surface area contributed by atoms with Gasteiger partial charge in [-0.3, -0.25) is 0 Å². The molecule has 10 nitrogen and oxygen atoms in total. The van der Waals surface area contributed by atoms with Crippen LogP contribution in [-0.2, 0) is 4.74 Å². The fourth-order valence-electron chi connectivity index (χ4n) is 3.15. The van der Waals surface area contributed by atoms with E-state index in [0.717, 1.165) is 6.42 Å². The van der Waals surface area contributed by atoms with E-state index in [0.29, 0.717) is 18.8 Å². The summed E-state index contributed by atoms with van der Waals surface area (Å²) in [4.78, 5) is 12.4. The third-order valence-corrected chi connectivity index (χ3v) is 4.85. The Morgan fingerprint density at radius 3 is 2.61 bits per heavy atom. The highest BCUT2D eigenvalue weighted by atomic mass is 16.7. The first kappa shape index (κ1) is 23.0. The summed E-state index contributed by atoms with van der Waals surface area (Å²) in [5, 5.41) is 49.7. The van der Waals surface area contributed by atoms with Gasteiger partial charge in [-0.05, 0) is 25.0 Å². The van der Waals surface area contributed by atoms with E-state index in [2.05, 4.69) is 0 Å². The molecule has 3 rings (SSSR count). The third kappa shape index (κ3) is 5.00. The molecule has 1 aliphatic rings. The molecule has 170 valence electrons. The molecule has 1 saturated heterocycles. The zero-order valence-electron chi connectivity index (χ0n) is 16.9. The van der Waals surface area contributed by atoms with Crippen molar-refractivity contribution in [3.63, 3.8) is 0 Å². The van der Waals surface area contributed by atoms with Crippen molar-refractivity contribution in [2.24, 2.45) is 0 Å². The van der Waals surface area contributed by atoms with Crippen molar-refractivity contribution in [2.75, 3.05) is 13.2 Å². The maximum absolute atomic E-state index is 12.4. The highest BCUT2D eigenvalue weighted by molar-refractivity contribution is 5.86. The highest BCUT2D eigenvalue weighted by Gasteiger charge is 2.45. The summed E-state index contributed by atoms with van der Waals surface area (Å²) in [6.07, 6.45) is -2.22. The predicted molar refractivity (Wildman–Crippen MR) is 108 cm³/mol. The molecule has 31 heavy (non-hydrogen) atoms. The van der Waals surface area contributed by atoms with Crippen LogP contribution in [0.1, 0.15) is 19.8 Å². The lowest BCUT2D eigenvalue weighted by molar-refractivity contribution is -0.278. The topological polar surface area (TPSA) is 159 Å². The van der Waals surface area contributed by atoms with Gasteiger partial charge in [0.25, 0.3) is 5.75 Å². The molecule has 0 radical (unpaired) electrons. The number of hydrogen-bond acceptors (Lipinski definition) is 10. The minimum Gasteiger partial charge on any atom is -0.504 e. The molecule has 5 N–H and O–H groups in total. The van der Waals surface area contributed by atoms with Crippen LogP contribution < -0.4 is 15.1 Å². The van der Waals surface area contributed by atoms with Gasteiger partial charge in [-0.25, -0.2) is 4.79 Å². The van der Waals surface area contributed by atoms with E-state index in [1.165, 1.54) is 12.1 Å². The average molecular weight is 438 g/mol. The van der Waals surface area contributed by atoms with Gasteiger partial charge in [0.2, 0.25) is 6.29 Å². The monoisotopic (exact) mass is 438 g/mol. The van der Waals surface area contributed by atoms with Gasteiger partial charge in [0.1, 0.15) is 35.7 Å². The van der Waals surface area contributed by atoms with Gasteiger partial charge in [-0.15, -0.1) is 0 Å². The van der Waals surface area contributed by atoms with E-state index in [4.69, 9.17) is 18.6 Å². The van der Waals surface area contributed by atoms with E-state index in [9.17, 15) is 30.3 Å². The van der Waals surface area contributed by atoms with Crippen molar-refractivity contribution in [3.05, 3.63) is 40.8 Å². The molecule has 0 spiro atoms. The molecule has 0 unspecified atom stereocenters. The van der Waals surface area contributed by atoms with Crippen molar-refractivity contribution in [1.82, 2.24) is 0 Å². The van der Waals surface area contributed by atoms with Gasteiger partial charge >= 0.3 is 5.63 Å². The summed E-state index contributed by atoms with van der Waals surface area (Å²) in [6.45, 7) is 1.79. The summed E-state index contributed by atoms with van der Waals surface area (Å²) in [7, 11) is 0. The fourth-order valence-corrected chi connectivity index (χ4v) is 3.15. The van der Waals surface area contributed by atoms with Crippen molar-refractivity contribution < 1.29 is 44.2 Å². The lowest BCUT2D eigenvalue weighted by atomic mass is 9.99. The Bertz CT molecular complexity index is 967. The first-order valence-corrected chi connectivity index (χ1v) is 9.92. The number of aliphatic hydroxyl groups excluding tert-OH is 4. The van der Waals surface area contributed by atoms with Crippen molar-refractivity contribution in [3.8, 4) is 17.2 Å². The number of ether oxygens (including phenoxy) is 3. The highest BCUT2D eigenvalue weighted by Crippen LogP contribution is 2.35. The molecule has 10 heteroatoms. The Morgan fingerprint density at radius 1 is 1.13 bits per heavy atom. The molecular formula is C21H26O10. The molecular weight excluding hydrogens is 412 g/mol. The number of aliphatic hydroxyl groups is 4. The number of allylic oxidation sites excluding steroid dienone is 1. The van der Waals surface area contributed by atoms with E-state index < -0.39 is 54.4 Å². The Hall–Kier alpha value is -2.63. The van der Waals surface area contributed by atoms with Crippen molar-refractivity contribution >= 4 is 11.0 Å². The quantitative estimate of drug-likeness (QED) is 0.222. The summed E-state index contributed by atoms with van der Waals surface area (Å²) in [6, 6.07) is 4.52. The maximum atomic E-state index is 12.4. The first-order valence-electron chi connectivity index (χ1n) is 9.92. The minimum absolute atomic E-state index is 0.0604. The van der Waals surface area contributed by atoms with Crippen LogP contribution in [0.3, 0.4) is 0 Å². The number of fused-ring (bicyclic) bond motifs is 1. The zero-order valence-corrected chi connectivity index (χ0v) is 16.9. The van der Waals surface area contributed by atoms with Crippen LogP contribution in [0, 0.1) is 0 Å². The summed E-state index contributed by atoms with van der Waals surface area (Å²) in [5.41, 5.74) is -0.991. The standard InChI is InChI=1S/C21H26O10/c1-2-3-4-5-8-28-11-6-7-12-13(9-11)29-20(27)19(15(12)23)31-21-18(26)17(25)16(24)14(10-22)30-21/h3-4,6-7,9,14,16-18,21-26H,2,5,8,10H2,1H3/t14-,16-,17+,18+,21+/m1/s1. The second kappa shape index (κ2) is 10.1. The molecule has 5 atom stereocenters. The molecule has 1 aromatic carbocycles. The van der Waals surface area contributed by atoms with Crippen LogP contribution in [0.25, 0.3) is 11.0 Å². The van der Waals surface area contributed by atoms with Gasteiger partial charge in [-0.1, -0.05) is 19.1 Å². The van der Waals surface area contributed by atoms with Crippen LogP contribution in [0.2, 0.25) is 0 Å². The average Bonchev–Trinajstić information content (AvgIpc) is 2.76. The lowest BCUT2D eigenvalue weighted by Crippen LogP contribution is -2.60. The molecule has 1 fully saturated rings. The summed E-state index contributed by atoms with van der Waals surface area (Å²) < 4.78 is 21.3.